The molecule has 0 fully saturated rings. The van der Waals surface area contributed by atoms with Crippen LogP contribution in [-0.2, 0) is 0 Å². The van der Waals surface area contributed by atoms with Crippen molar-refractivity contribution in [3.05, 3.63) is 45.9 Å². The summed E-state index contributed by atoms with van der Waals surface area (Å²) in [4.78, 5) is 12.0. The minimum Gasteiger partial charge on any atom is -0.503 e. The molecule has 0 spiro atoms. The second kappa shape index (κ2) is 7.19. The number of ether oxygens (including phenoxy) is 1. The lowest BCUT2D eigenvalue weighted by Gasteiger charge is -2.08. The van der Waals surface area contributed by atoms with Crippen molar-refractivity contribution in [3.8, 4) is 11.5 Å². The third-order valence-electron chi connectivity index (χ3n) is 3.02. The molecule has 0 saturated heterocycles. The Morgan fingerprint density at radius 2 is 2.17 bits per heavy atom. The topological polar surface area (TPSA) is 84.1 Å². The van der Waals surface area contributed by atoms with Crippen molar-refractivity contribution in [3.63, 3.8) is 0 Å². The molecule has 2 N–H and O–H groups in total. The lowest BCUT2D eigenvalue weighted by molar-refractivity contribution is 0.0953. The Morgan fingerprint density at radius 3 is 2.78 bits per heavy atom. The smallest absolute Gasteiger partial charge is 0.274 e. The second-order valence-corrected chi connectivity index (χ2v) is 5.22. The van der Waals surface area contributed by atoms with Gasteiger partial charge in [-0.1, -0.05) is 11.6 Å². The Labute approximate surface area is 138 Å². The molecule has 0 radical (unpaired) electrons. The molecule has 0 aliphatic carbocycles. The van der Waals surface area contributed by atoms with E-state index in [0.29, 0.717) is 29.3 Å². The lowest BCUT2D eigenvalue weighted by atomic mass is 10.2. The number of furan rings is 1. The van der Waals surface area contributed by atoms with E-state index in [1.165, 1.54) is 12.3 Å². The summed E-state index contributed by atoms with van der Waals surface area (Å²) in [5.41, 5.74) is 3.42. The SMILES string of the molecule is CCOc1cc(/C=N/NC(=O)c2cc(C)oc2C)cc(Cl)c1O. The lowest BCUT2D eigenvalue weighted by Crippen LogP contribution is -2.17. The van der Waals surface area contributed by atoms with Crippen molar-refractivity contribution in [2.24, 2.45) is 5.10 Å². The number of aromatic hydroxyl groups is 1. The largest absolute Gasteiger partial charge is 0.503 e. The third-order valence-corrected chi connectivity index (χ3v) is 3.30. The number of halogens is 1. The molecule has 122 valence electrons. The number of rotatable bonds is 5. The summed E-state index contributed by atoms with van der Waals surface area (Å²) in [5.74, 6) is 0.948. The molecule has 2 aromatic rings. The van der Waals surface area contributed by atoms with Gasteiger partial charge in [0.05, 0.1) is 23.4 Å². The van der Waals surface area contributed by atoms with Gasteiger partial charge in [0.1, 0.15) is 11.5 Å². The van der Waals surface area contributed by atoms with Gasteiger partial charge in [-0.3, -0.25) is 4.79 Å². The maximum absolute atomic E-state index is 12.0. The normalized spacial score (nSPS) is 11.0. The molecule has 6 nitrogen and oxygen atoms in total. The third kappa shape index (κ3) is 4.04. The fraction of sp³-hybridized carbons (Fsp3) is 0.250. The monoisotopic (exact) mass is 336 g/mol. The maximum Gasteiger partial charge on any atom is 0.274 e. The zero-order chi connectivity index (χ0) is 17.0. The molecule has 0 unspecified atom stereocenters. The summed E-state index contributed by atoms with van der Waals surface area (Å²) >= 11 is 5.92. The van der Waals surface area contributed by atoms with E-state index in [1.54, 1.807) is 32.9 Å². The van der Waals surface area contributed by atoms with Crippen LogP contribution in [0.4, 0.5) is 0 Å². The Morgan fingerprint density at radius 1 is 1.43 bits per heavy atom. The first-order chi connectivity index (χ1) is 10.9. The van der Waals surface area contributed by atoms with Crippen LogP contribution in [0.25, 0.3) is 0 Å². The molecule has 2 rings (SSSR count). The predicted octanol–water partition coefficient (Wildman–Crippen LogP) is 3.42. The van der Waals surface area contributed by atoms with Gasteiger partial charge in [0.15, 0.2) is 11.5 Å². The van der Waals surface area contributed by atoms with Crippen LogP contribution in [0.5, 0.6) is 11.5 Å². The Hall–Kier alpha value is -2.47. The number of hydrazone groups is 1. The predicted molar refractivity (Wildman–Crippen MR) is 87.5 cm³/mol. The van der Waals surface area contributed by atoms with Gasteiger partial charge in [-0.2, -0.15) is 5.10 Å². The highest BCUT2D eigenvalue weighted by Gasteiger charge is 2.12. The van der Waals surface area contributed by atoms with Crippen LogP contribution >= 0.6 is 11.6 Å². The van der Waals surface area contributed by atoms with E-state index in [-0.39, 0.29) is 22.4 Å². The molecular weight excluding hydrogens is 320 g/mol. The van der Waals surface area contributed by atoms with E-state index in [2.05, 4.69) is 10.5 Å². The standard InChI is InChI=1S/C16H17ClN2O4/c1-4-22-14-7-11(6-13(17)15(14)20)8-18-19-16(21)12-5-9(2)23-10(12)3/h5-8,20H,4H2,1-3H3,(H,19,21)/b18-8+. The number of nitrogens with zero attached hydrogens (tertiary/aromatic N) is 1. The van der Waals surface area contributed by atoms with E-state index in [1.807, 2.05) is 0 Å². The van der Waals surface area contributed by atoms with E-state index in [4.69, 9.17) is 20.8 Å². The first-order valence-electron chi connectivity index (χ1n) is 6.98. The Bertz CT molecular complexity index is 753. The molecular formula is C16H17ClN2O4. The van der Waals surface area contributed by atoms with E-state index < -0.39 is 0 Å². The summed E-state index contributed by atoms with van der Waals surface area (Å²) < 4.78 is 10.6. The Balaban J connectivity index is 2.11. The van der Waals surface area contributed by atoms with Crippen molar-refractivity contribution in [2.45, 2.75) is 20.8 Å². The first kappa shape index (κ1) is 16.9. The fourth-order valence-electron chi connectivity index (χ4n) is 2.02. The van der Waals surface area contributed by atoms with E-state index in [0.717, 1.165) is 0 Å². The molecule has 1 amide bonds. The van der Waals surface area contributed by atoms with Crippen molar-refractivity contribution in [1.29, 1.82) is 0 Å². The summed E-state index contributed by atoms with van der Waals surface area (Å²) in [6.07, 6.45) is 1.41. The molecule has 1 aromatic carbocycles. The van der Waals surface area contributed by atoms with Gasteiger partial charge in [0.2, 0.25) is 0 Å². The number of carbonyl (C=O) groups is 1. The van der Waals surface area contributed by atoms with Gasteiger partial charge < -0.3 is 14.3 Å². The first-order valence-corrected chi connectivity index (χ1v) is 7.36. The average Bonchev–Trinajstić information content (AvgIpc) is 2.83. The van der Waals surface area contributed by atoms with Crippen LogP contribution in [0.2, 0.25) is 5.02 Å². The number of carbonyl (C=O) groups excluding carboxylic acids is 1. The second-order valence-electron chi connectivity index (χ2n) is 4.81. The van der Waals surface area contributed by atoms with Crippen LogP contribution in [0.15, 0.2) is 27.7 Å². The molecule has 0 bridgehead atoms. The molecule has 1 heterocycles. The summed E-state index contributed by atoms with van der Waals surface area (Å²) in [5, 5.41) is 13.8. The summed E-state index contributed by atoms with van der Waals surface area (Å²) in [6, 6.07) is 4.74. The van der Waals surface area contributed by atoms with Crippen molar-refractivity contribution in [2.75, 3.05) is 6.61 Å². The number of amides is 1. The molecule has 0 saturated carbocycles. The van der Waals surface area contributed by atoms with Crippen molar-refractivity contribution in [1.82, 2.24) is 5.43 Å². The van der Waals surface area contributed by atoms with Crippen LogP contribution < -0.4 is 10.2 Å². The van der Waals surface area contributed by atoms with Gasteiger partial charge in [-0.25, -0.2) is 5.43 Å². The zero-order valence-corrected chi connectivity index (χ0v) is 13.8. The number of hydrogen-bond donors (Lipinski definition) is 2. The number of phenolic OH excluding ortho intramolecular Hbond substituents is 1. The molecule has 0 aliphatic heterocycles. The number of benzene rings is 1. The van der Waals surface area contributed by atoms with Crippen molar-refractivity contribution >= 4 is 23.7 Å². The van der Waals surface area contributed by atoms with Gasteiger partial charge in [0, 0.05) is 0 Å². The van der Waals surface area contributed by atoms with Crippen LogP contribution in [0.1, 0.15) is 34.4 Å². The quantitative estimate of drug-likeness (QED) is 0.647. The highest BCUT2D eigenvalue weighted by molar-refractivity contribution is 6.32. The van der Waals surface area contributed by atoms with Crippen molar-refractivity contribution < 1.29 is 19.1 Å². The van der Waals surface area contributed by atoms with Gasteiger partial charge in [0.25, 0.3) is 5.91 Å². The van der Waals surface area contributed by atoms with Gasteiger partial charge >= 0.3 is 0 Å². The molecule has 0 aliphatic rings. The maximum atomic E-state index is 12.0. The minimum atomic E-state index is -0.370. The molecule has 23 heavy (non-hydrogen) atoms. The minimum absolute atomic E-state index is 0.126. The van der Waals surface area contributed by atoms with Crippen LogP contribution in [0.3, 0.4) is 0 Å². The van der Waals surface area contributed by atoms with Gasteiger partial charge in [-0.15, -0.1) is 0 Å². The zero-order valence-electron chi connectivity index (χ0n) is 13.0. The molecule has 0 atom stereocenters. The van der Waals surface area contributed by atoms with E-state index >= 15 is 0 Å². The number of hydrogen-bond acceptors (Lipinski definition) is 5. The number of phenols is 1. The number of nitrogens with one attached hydrogen (secondary N) is 1. The highest BCUT2D eigenvalue weighted by atomic mass is 35.5. The Kier molecular flexibility index (Phi) is 5.28. The van der Waals surface area contributed by atoms with Gasteiger partial charge in [-0.05, 0) is 44.5 Å². The summed E-state index contributed by atoms with van der Waals surface area (Å²) in [6.45, 7) is 5.66. The highest BCUT2D eigenvalue weighted by Crippen LogP contribution is 2.34. The average molecular weight is 337 g/mol. The number of aryl methyl sites for hydroxylation is 2. The van der Waals surface area contributed by atoms with E-state index in [9.17, 15) is 9.90 Å². The van der Waals surface area contributed by atoms with Crippen LogP contribution in [0, 0.1) is 13.8 Å². The molecule has 1 aromatic heterocycles. The molecule has 7 heteroatoms. The fourth-order valence-corrected chi connectivity index (χ4v) is 2.23. The van der Waals surface area contributed by atoms with Crippen LogP contribution in [-0.4, -0.2) is 23.8 Å². The summed E-state index contributed by atoms with van der Waals surface area (Å²) in [7, 11) is 0.